The second-order valence-corrected chi connectivity index (χ2v) is 7.79. The number of aromatic hydroxyl groups is 3. The average molecular weight is 452 g/mol. The van der Waals surface area contributed by atoms with Crippen LogP contribution in [0.1, 0.15) is 17.2 Å². The van der Waals surface area contributed by atoms with Crippen LogP contribution in [0.5, 0.6) is 28.7 Å². The van der Waals surface area contributed by atoms with Gasteiger partial charge in [-0.1, -0.05) is 6.07 Å². The molecule has 0 amide bonds. The van der Waals surface area contributed by atoms with Crippen LogP contribution in [0.2, 0.25) is 0 Å². The third-order valence-electron chi connectivity index (χ3n) is 5.59. The first-order valence-corrected chi connectivity index (χ1v) is 9.89. The van der Waals surface area contributed by atoms with Gasteiger partial charge in [-0.05, 0) is 17.7 Å². The summed E-state index contributed by atoms with van der Waals surface area (Å²) in [7, 11) is 0. The number of benzene rings is 2. The Kier molecular flexibility index (Phi) is 6.03. The van der Waals surface area contributed by atoms with E-state index < -0.39 is 49.5 Å². The number of hydrogen-bond acceptors (Lipinski definition) is 11. The molecule has 0 bridgehead atoms. The second kappa shape index (κ2) is 8.62. The highest BCUT2D eigenvalue weighted by atomic mass is 16.7. The lowest BCUT2D eigenvalue weighted by atomic mass is 9.94. The Hall–Kier alpha value is -2.80. The fourth-order valence-electron chi connectivity index (χ4n) is 3.84. The minimum absolute atomic E-state index is 0.0376. The Morgan fingerprint density at radius 3 is 2.38 bits per heavy atom. The van der Waals surface area contributed by atoms with Crippen LogP contribution in [-0.4, -0.2) is 84.3 Å². The van der Waals surface area contributed by atoms with Crippen LogP contribution in [0.4, 0.5) is 0 Å². The summed E-state index contributed by atoms with van der Waals surface area (Å²) < 4.78 is 16.6. The van der Waals surface area contributed by atoms with Crippen LogP contribution in [-0.2, 0) is 11.2 Å². The van der Waals surface area contributed by atoms with E-state index in [0.717, 1.165) is 6.07 Å². The quantitative estimate of drug-likeness (QED) is 0.285. The molecule has 2 aromatic rings. The van der Waals surface area contributed by atoms with Gasteiger partial charge < -0.3 is 55.1 Å². The zero-order chi connectivity index (χ0) is 23.2. The predicted octanol–water partition coefficient (Wildman–Crippen LogP) is -0.981. The van der Waals surface area contributed by atoms with E-state index in [1.807, 2.05) is 0 Å². The van der Waals surface area contributed by atoms with E-state index in [1.54, 1.807) is 0 Å². The molecule has 0 radical (unpaired) electrons. The van der Waals surface area contributed by atoms with E-state index in [2.05, 4.69) is 0 Å². The van der Waals surface area contributed by atoms with Crippen molar-refractivity contribution in [2.75, 3.05) is 6.61 Å². The fraction of sp³-hybridized carbons (Fsp3) is 0.429. The van der Waals surface area contributed by atoms with E-state index in [1.165, 1.54) is 24.3 Å². The largest absolute Gasteiger partial charge is 0.508 e. The zero-order valence-electron chi connectivity index (χ0n) is 16.6. The van der Waals surface area contributed by atoms with Gasteiger partial charge in [-0.25, -0.2) is 0 Å². The maximum Gasteiger partial charge on any atom is 0.229 e. The molecule has 7 atom stereocenters. The van der Waals surface area contributed by atoms with Crippen molar-refractivity contribution in [2.24, 2.45) is 0 Å². The SMILES string of the molecule is OCC1OC(Oc2cc(C3Oc4cc(O)cc(O)c4C[C@@H]3O)ccc2O)[C@@H](O)[C@@H](O)[C@@H]1O. The van der Waals surface area contributed by atoms with Crippen molar-refractivity contribution in [3.05, 3.63) is 41.5 Å². The van der Waals surface area contributed by atoms with Gasteiger partial charge in [0.05, 0.1) is 12.7 Å². The number of phenolic OH excluding ortho intramolecular Hbond substituents is 3. The van der Waals surface area contributed by atoms with E-state index in [0.29, 0.717) is 11.1 Å². The van der Waals surface area contributed by atoms with Crippen LogP contribution >= 0.6 is 0 Å². The molecule has 1 fully saturated rings. The van der Waals surface area contributed by atoms with Gasteiger partial charge in [0, 0.05) is 24.1 Å². The van der Waals surface area contributed by atoms with Gasteiger partial charge in [0.2, 0.25) is 6.29 Å². The molecular formula is C21H24O11. The maximum absolute atomic E-state index is 10.6. The molecule has 2 aliphatic heterocycles. The van der Waals surface area contributed by atoms with E-state index in [-0.39, 0.29) is 35.2 Å². The second-order valence-electron chi connectivity index (χ2n) is 7.79. The molecular weight excluding hydrogens is 428 g/mol. The maximum atomic E-state index is 10.6. The molecule has 8 N–H and O–H groups in total. The molecule has 32 heavy (non-hydrogen) atoms. The van der Waals surface area contributed by atoms with Gasteiger partial charge in [0.25, 0.3) is 0 Å². The topological polar surface area (TPSA) is 190 Å². The van der Waals surface area contributed by atoms with Crippen LogP contribution in [0.15, 0.2) is 30.3 Å². The van der Waals surface area contributed by atoms with Crippen molar-refractivity contribution in [3.63, 3.8) is 0 Å². The molecule has 0 saturated carbocycles. The molecule has 1 saturated heterocycles. The van der Waals surface area contributed by atoms with Gasteiger partial charge in [0.1, 0.15) is 47.8 Å². The zero-order valence-corrected chi connectivity index (χ0v) is 16.6. The highest BCUT2D eigenvalue weighted by Gasteiger charge is 2.45. The Bertz CT molecular complexity index is 978. The predicted molar refractivity (Wildman–Crippen MR) is 105 cm³/mol. The van der Waals surface area contributed by atoms with Crippen molar-refractivity contribution >= 4 is 0 Å². The first-order valence-electron chi connectivity index (χ1n) is 9.89. The van der Waals surface area contributed by atoms with Crippen LogP contribution in [0.3, 0.4) is 0 Å². The lowest BCUT2D eigenvalue weighted by molar-refractivity contribution is -0.277. The third-order valence-corrected chi connectivity index (χ3v) is 5.59. The summed E-state index contributed by atoms with van der Waals surface area (Å²) in [6.45, 7) is -0.641. The summed E-state index contributed by atoms with van der Waals surface area (Å²) in [6, 6.07) is 6.51. The normalized spacial score (nSPS) is 32.1. The summed E-state index contributed by atoms with van der Waals surface area (Å²) in [4.78, 5) is 0. The minimum Gasteiger partial charge on any atom is -0.508 e. The Morgan fingerprint density at radius 1 is 0.906 bits per heavy atom. The number of phenols is 3. The molecule has 11 nitrogen and oxygen atoms in total. The van der Waals surface area contributed by atoms with E-state index in [9.17, 15) is 40.9 Å². The molecule has 2 aromatic carbocycles. The standard InChI is InChI=1S/C21H24O11/c22-7-16-17(27)18(28)19(29)21(32-16)31-15-3-8(1-2-11(15)24)20-13(26)6-10-12(25)4-9(23)5-14(10)30-20/h1-5,13,16-29H,6-7H2/t13-,16?,17+,18-,19-,20?,21?/m0/s1. The summed E-state index contributed by atoms with van der Waals surface area (Å²) in [6.07, 6.45) is -9.59. The van der Waals surface area contributed by atoms with Crippen LogP contribution in [0.25, 0.3) is 0 Å². The van der Waals surface area contributed by atoms with Crippen molar-refractivity contribution < 1.29 is 55.1 Å². The number of aliphatic hydroxyl groups is 5. The molecule has 0 aliphatic carbocycles. The fourth-order valence-corrected chi connectivity index (χ4v) is 3.84. The molecule has 0 aromatic heterocycles. The van der Waals surface area contributed by atoms with Gasteiger partial charge in [0.15, 0.2) is 11.5 Å². The molecule has 2 heterocycles. The van der Waals surface area contributed by atoms with Crippen molar-refractivity contribution in [2.45, 2.75) is 49.3 Å². The lowest BCUT2D eigenvalue weighted by Gasteiger charge is -2.39. The van der Waals surface area contributed by atoms with Gasteiger partial charge >= 0.3 is 0 Å². The third kappa shape index (κ3) is 4.01. The van der Waals surface area contributed by atoms with Crippen molar-refractivity contribution in [3.8, 4) is 28.7 Å². The lowest BCUT2D eigenvalue weighted by Crippen LogP contribution is -2.60. The number of ether oxygens (including phenoxy) is 3. The smallest absolute Gasteiger partial charge is 0.229 e. The summed E-state index contributed by atoms with van der Waals surface area (Å²) in [5.74, 6) is -0.759. The average Bonchev–Trinajstić information content (AvgIpc) is 2.75. The first kappa shape index (κ1) is 22.4. The van der Waals surface area contributed by atoms with Crippen molar-refractivity contribution in [1.82, 2.24) is 0 Å². The van der Waals surface area contributed by atoms with Gasteiger partial charge in [-0.2, -0.15) is 0 Å². The molecule has 174 valence electrons. The monoisotopic (exact) mass is 452 g/mol. The number of rotatable bonds is 4. The van der Waals surface area contributed by atoms with Gasteiger partial charge in [-0.15, -0.1) is 0 Å². The number of aliphatic hydroxyl groups excluding tert-OH is 5. The number of hydrogen-bond donors (Lipinski definition) is 8. The molecule has 11 heteroatoms. The highest BCUT2D eigenvalue weighted by molar-refractivity contribution is 5.52. The van der Waals surface area contributed by atoms with E-state index in [4.69, 9.17) is 14.2 Å². The molecule has 3 unspecified atom stereocenters. The minimum atomic E-state index is -1.68. The molecule has 4 rings (SSSR count). The Balaban J connectivity index is 1.59. The van der Waals surface area contributed by atoms with Gasteiger partial charge in [-0.3, -0.25) is 0 Å². The summed E-state index contributed by atoms with van der Waals surface area (Å²) in [5, 5.41) is 79.7. The first-order chi connectivity index (χ1) is 15.2. The number of fused-ring (bicyclic) bond motifs is 1. The Labute approximate surface area is 181 Å². The summed E-state index contributed by atoms with van der Waals surface area (Å²) >= 11 is 0. The van der Waals surface area contributed by atoms with Crippen LogP contribution < -0.4 is 9.47 Å². The molecule has 0 spiro atoms. The Morgan fingerprint density at radius 2 is 1.66 bits per heavy atom. The highest BCUT2D eigenvalue weighted by Crippen LogP contribution is 2.43. The van der Waals surface area contributed by atoms with E-state index >= 15 is 0 Å². The molecule has 2 aliphatic rings. The van der Waals surface area contributed by atoms with Crippen LogP contribution in [0, 0.1) is 0 Å². The van der Waals surface area contributed by atoms with Crippen molar-refractivity contribution in [1.29, 1.82) is 0 Å². The summed E-state index contributed by atoms with van der Waals surface area (Å²) in [5.41, 5.74) is 0.700.